The first kappa shape index (κ1) is 15.0. The second-order valence-electron chi connectivity index (χ2n) is 4.96. The summed E-state index contributed by atoms with van der Waals surface area (Å²) < 4.78 is 5.68. The lowest BCUT2D eigenvalue weighted by atomic mass is 10.2. The van der Waals surface area contributed by atoms with Gasteiger partial charge in [0.05, 0.1) is 11.3 Å². The van der Waals surface area contributed by atoms with Crippen LogP contribution in [0, 0.1) is 18.3 Å². The van der Waals surface area contributed by atoms with Crippen molar-refractivity contribution in [1.29, 1.82) is 5.26 Å². The molecule has 108 valence electrons. The Hall–Kier alpha value is -2.38. The van der Waals surface area contributed by atoms with Gasteiger partial charge in [-0.3, -0.25) is 9.88 Å². The average Bonchev–Trinajstić information content (AvgIpc) is 2.47. The van der Waals surface area contributed by atoms with Crippen molar-refractivity contribution in [2.24, 2.45) is 0 Å². The molecule has 0 fully saturated rings. The summed E-state index contributed by atoms with van der Waals surface area (Å²) in [5.74, 6) is 0.641. The van der Waals surface area contributed by atoms with Gasteiger partial charge < -0.3 is 4.74 Å². The highest BCUT2D eigenvalue weighted by atomic mass is 16.5. The molecule has 0 aliphatic heterocycles. The van der Waals surface area contributed by atoms with E-state index in [1.54, 1.807) is 6.07 Å². The molecule has 0 saturated heterocycles. The van der Waals surface area contributed by atoms with Gasteiger partial charge in [0.1, 0.15) is 18.4 Å². The van der Waals surface area contributed by atoms with Crippen molar-refractivity contribution in [2.45, 2.75) is 13.5 Å². The minimum atomic E-state index is 0.543. The van der Waals surface area contributed by atoms with Crippen LogP contribution in [0.1, 0.15) is 17.0 Å². The van der Waals surface area contributed by atoms with E-state index >= 15 is 0 Å². The fraction of sp³-hybridized carbons (Fsp3) is 0.294. The van der Waals surface area contributed by atoms with Gasteiger partial charge in [0.2, 0.25) is 0 Å². The SMILES string of the molecule is Cc1cccc(CN(C)CCOc2ccccc2C#N)n1. The van der Waals surface area contributed by atoms with E-state index in [9.17, 15) is 0 Å². The fourth-order valence-corrected chi connectivity index (χ4v) is 2.04. The number of hydrogen-bond donors (Lipinski definition) is 0. The van der Waals surface area contributed by atoms with Gasteiger partial charge in [-0.05, 0) is 38.2 Å². The fourth-order valence-electron chi connectivity index (χ4n) is 2.04. The summed E-state index contributed by atoms with van der Waals surface area (Å²) in [7, 11) is 2.03. The van der Waals surface area contributed by atoms with Crippen LogP contribution in [0.25, 0.3) is 0 Å². The molecule has 0 aliphatic carbocycles. The molecule has 2 aromatic rings. The number of nitriles is 1. The Morgan fingerprint density at radius 3 is 2.76 bits per heavy atom. The van der Waals surface area contributed by atoms with Crippen molar-refractivity contribution in [2.75, 3.05) is 20.2 Å². The molecule has 4 heteroatoms. The first-order chi connectivity index (χ1) is 10.2. The Morgan fingerprint density at radius 1 is 1.19 bits per heavy atom. The highest BCUT2D eigenvalue weighted by molar-refractivity contribution is 5.42. The molecule has 0 aliphatic rings. The predicted octanol–water partition coefficient (Wildman–Crippen LogP) is 2.77. The van der Waals surface area contributed by atoms with E-state index in [0.29, 0.717) is 17.9 Å². The number of pyridine rings is 1. The van der Waals surface area contributed by atoms with E-state index in [4.69, 9.17) is 10.00 Å². The molecule has 0 spiro atoms. The third-order valence-corrected chi connectivity index (χ3v) is 3.12. The van der Waals surface area contributed by atoms with Crippen LogP contribution < -0.4 is 4.74 Å². The number of para-hydroxylation sites is 1. The van der Waals surface area contributed by atoms with E-state index in [2.05, 4.69) is 16.0 Å². The lowest BCUT2D eigenvalue weighted by Crippen LogP contribution is -2.24. The summed E-state index contributed by atoms with van der Waals surface area (Å²) in [4.78, 5) is 6.63. The van der Waals surface area contributed by atoms with Crippen molar-refractivity contribution in [3.63, 3.8) is 0 Å². The summed E-state index contributed by atoms with van der Waals surface area (Å²) >= 11 is 0. The summed E-state index contributed by atoms with van der Waals surface area (Å²) in [5, 5.41) is 9.00. The largest absolute Gasteiger partial charge is 0.491 e. The van der Waals surface area contributed by atoms with Gasteiger partial charge in [0, 0.05) is 18.8 Å². The Labute approximate surface area is 125 Å². The van der Waals surface area contributed by atoms with Crippen molar-refractivity contribution in [3.05, 3.63) is 59.4 Å². The van der Waals surface area contributed by atoms with Crippen LogP contribution in [-0.4, -0.2) is 30.1 Å². The maximum atomic E-state index is 9.00. The topological polar surface area (TPSA) is 49.1 Å². The number of benzene rings is 1. The Bertz CT molecular complexity index is 634. The zero-order valence-electron chi connectivity index (χ0n) is 12.4. The number of aromatic nitrogens is 1. The summed E-state index contributed by atoms with van der Waals surface area (Å²) in [6, 6.07) is 15.5. The molecule has 0 radical (unpaired) electrons. The van der Waals surface area contributed by atoms with Gasteiger partial charge in [-0.2, -0.15) is 5.26 Å². The van der Waals surface area contributed by atoms with Crippen LogP contribution in [0.3, 0.4) is 0 Å². The van der Waals surface area contributed by atoms with Gasteiger partial charge >= 0.3 is 0 Å². The summed E-state index contributed by atoms with van der Waals surface area (Å²) in [6.07, 6.45) is 0. The van der Waals surface area contributed by atoms with Crippen molar-refractivity contribution < 1.29 is 4.74 Å². The zero-order valence-corrected chi connectivity index (χ0v) is 12.4. The molecule has 1 aromatic carbocycles. The summed E-state index contributed by atoms with van der Waals surface area (Å²) in [5.41, 5.74) is 2.65. The second kappa shape index (κ2) is 7.41. The first-order valence-electron chi connectivity index (χ1n) is 6.92. The number of likely N-dealkylation sites (N-methyl/N-ethyl adjacent to an activating group) is 1. The van der Waals surface area contributed by atoms with Crippen LogP contribution in [0.15, 0.2) is 42.5 Å². The molecule has 4 nitrogen and oxygen atoms in total. The molecule has 2 rings (SSSR count). The molecule has 1 aromatic heterocycles. The number of ether oxygens (including phenoxy) is 1. The normalized spacial score (nSPS) is 10.4. The highest BCUT2D eigenvalue weighted by Crippen LogP contribution is 2.16. The van der Waals surface area contributed by atoms with E-state index in [1.807, 2.05) is 50.4 Å². The first-order valence-corrected chi connectivity index (χ1v) is 6.92. The lowest BCUT2D eigenvalue weighted by Gasteiger charge is -2.17. The molecule has 0 saturated carbocycles. The Morgan fingerprint density at radius 2 is 2.00 bits per heavy atom. The van der Waals surface area contributed by atoms with Crippen molar-refractivity contribution in [1.82, 2.24) is 9.88 Å². The van der Waals surface area contributed by atoms with Crippen LogP contribution in [0.2, 0.25) is 0 Å². The molecule has 21 heavy (non-hydrogen) atoms. The minimum Gasteiger partial charge on any atom is -0.491 e. The van der Waals surface area contributed by atoms with E-state index in [1.165, 1.54) is 0 Å². The van der Waals surface area contributed by atoms with Gasteiger partial charge in [-0.15, -0.1) is 0 Å². The predicted molar refractivity (Wildman–Crippen MR) is 82.0 cm³/mol. The maximum absolute atomic E-state index is 9.00. The van der Waals surface area contributed by atoms with Crippen LogP contribution in [-0.2, 0) is 6.54 Å². The molecule has 0 amide bonds. The molecule has 0 atom stereocenters. The third kappa shape index (κ3) is 4.59. The van der Waals surface area contributed by atoms with Crippen LogP contribution in [0.5, 0.6) is 5.75 Å². The Balaban J connectivity index is 1.82. The number of hydrogen-bond acceptors (Lipinski definition) is 4. The van der Waals surface area contributed by atoms with E-state index in [-0.39, 0.29) is 0 Å². The van der Waals surface area contributed by atoms with Gasteiger partial charge in [0.25, 0.3) is 0 Å². The number of rotatable bonds is 6. The quantitative estimate of drug-likeness (QED) is 0.817. The average molecular weight is 281 g/mol. The van der Waals surface area contributed by atoms with Gasteiger partial charge in [0.15, 0.2) is 0 Å². The molecule has 0 unspecified atom stereocenters. The summed E-state index contributed by atoms with van der Waals surface area (Å²) in [6.45, 7) is 4.09. The zero-order chi connectivity index (χ0) is 15.1. The van der Waals surface area contributed by atoms with Crippen LogP contribution >= 0.6 is 0 Å². The third-order valence-electron chi connectivity index (χ3n) is 3.12. The van der Waals surface area contributed by atoms with Gasteiger partial charge in [-0.25, -0.2) is 0 Å². The van der Waals surface area contributed by atoms with Crippen molar-refractivity contribution >= 4 is 0 Å². The molecule has 1 heterocycles. The standard InChI is InChI=1S/C17H19N3O/c1-14-6-5-8-16(19-14)13-20(2)10-11-21-17-9-4-3-7-15(17)12-18/h3-9H,10-11,13H2,1-2H3. The monoisotopic (exact) mass is 281 g/mol. The van der Waals surface area contributed by atoms with Crippen molar-refractivity contribution in [3.8, 4) is 11.8 Å². The maximum Gasteiger partial charge on any atom is 0.137 e. The Kier molecular flexibility index (Phi) is 5.30. The van der Waals surface area contributed by atoms with Crippen LogP contribution in [0.4, 0.5) is 0 Å². The van der Waals surface area contributed by atoms with Gasteiger partial charge in [-0.1, -0.05) is 18.2 Å². The lowest BCUT2D eigenvalue weighted by molar-refractivity contribution is 0.231. The number of aryl methyl sites for hydroxylation is 1. The molecular weight excluding hydrogens is 262 g/mol. The number of nitrogens with zero attached hydrogens (tertiary/aromatic N) is 3. The van der Waals surface area contributed by atoms with E-state index in [0.717, 1.165) is 24.5 Å². The second-order valence-corrected chi connectivity index (χ2v) is 4.96. The minimum absolute atomic E-state index is 0.543. The van der Waals surface area contributed by atoms with E-state index < -0.39 is 0 Å². The molecule has 0 N–H and O–H groups in total. The molecule has 0 bridgehead atoms. The highest BCUT2D eigenvalue weighted by Gasteiger charge is 2.04. The molecular formula is C17H19N3O. The smallest absolute Gasteiger partial charge is 0.137 e.